The van der Waals surface area contributed by atoms with Crippen LogP contribution in [-0.2, 0) is 0 Å². The van der Waals surface area contributed by atoms with Gasteiger partial charge < -0.3 is 15.8 Å². The summed E-state index contributed by atoms with van der Waals surface area (Å²) in [5, 5.41) is 20.7. The van der Waals surface area contributed by atoms with Crippen LogP contribution >= 0.6 is 0 Å². The molecular weight excluding hydrogens is 348 g/mol. The molecule has 0 saturated carbocycles. The van der Waals surface area contributed by atoms with E-state index in [2.05, 4.69) is 0 Å². The van der Waals surface area contributed by atoms with Crippen molar-refractivity contribution in [2.24, 2.45) is 0 Å². The van der Waals surface area contributed by atoms with E-state index < -0.39 is 35.6 Å². The Balaban J connectivity index is 2.97. The zero-order chi connectivity index (χ0) is 18.8. The Labute approximate surface area is 131 Å². The van der Waals surface area contributed by atoms with Gasteiger partial charge in [-0.2, -0.15) is 31.6 Å². The second-order valence-electron chi connectivity index (χ2n) is 4.72. The van der Waals surface area contributed by atoms with Gasteiger partial charge in [-0.25, -0.2) is 10.0 Å². The molecule has 0 heterocycles. The molecule has 0 aliphatic heterocycles. The summed E-state index contributed by atoms with van der Waals surface area (Å²) in [6.45, 7) is 0.642. The first-order chi connectivity index (χ1) is 10.8. The molecule has 0 aliphatic carbocycles. The lowest BCUT2D eigenvalue weighted by atomic mass is 9.94. The molecule has 0 aliphatic rings. The van der Waals surface area contributed by atoms with Gasteiger partial charge in [0.15, 0.2) is 5.69 Å². The van der Waals surface area contributed by atoms with Crippen LogP contribution in [0.1, 0.15) is 13.3 Å². The Morgan fingerprint density at radius 3 is 1.92 bits per heavy atom. The van der Waals surface area contributed by atoms with Gasteiger partial charge in [-0.3, -0.25) is 0 Å². The molecule has 136 valence electrons. The summed E-state index contributed by atoms with van der Waals surface area (Å²) in [6.07, 6.45) is -13.0. The van der Waals surface area contributed by atoms with Gasteiger partial charge in [0.25, 0.3) is 0 Å². The third kappa shape index (κ3) is 4.07. The van der Waals surface area contributed by atoms with Gasteiger partial charge in [0.1, 0.15) is 0 Å². The Kier molecular flexibility index (Phi) is 5.69. The molecule has 0 bridgehead atoms. The van der Waals surface area contributed by atoms with Crippen LogP contribution in [0, 0.1) is 5.21 Å². The van der Waals surface area contributed by atoms with E-state index in [1.54, 1.807) is 5.32 Å². The normalized spacial score (nSPS) is 14.2. The molecule has 0 radical (unpaired) electrons. The van der Waals surface area contributed by atoms with Crippen LogP contribution in [0.3, 0.4) is 0 Å². The number of benzene rings is 1. The smallest absolute Gasteiger partial charge is 0.420 e. The van der Waals surface area contributed by atoms with E-state index in [1.165, 1.54) is 0 Å². The van der Waals surface area contributed by atoms with Gasteiger partial charge in [-0.05, 0) is 18.6 Å². The van der Waals surface area contributed by atoms with Gasteiger partial charge in [0.05, 0.1) is 0 Å². The zero-order valence-corrected chi connectivity index (χ0v) is 12.0. The first kappa shape index (κ1) is 20.0. The van der Waals surface area contributed by atoms with E-state index in [0.29, 0.717) is 6.92 Å². The summed E-state index contributed by atoms with van der Waals surface area (Å²) in [4.78, 5) is 11.6. The Morgan fingerprint density at radius 2 is 1.58 bits per heavy atom. The van der Waals surface area contributed by atoms with E-state index in [1.807, 2.05) is 0 Å². The lowest BCUT2D eigenvalue weighted by molar-refractivity contribution is -0.991. The molecule has 2 amide bonds. The number of anilines is 1. The van der Waals surface area contributed by atoms with Crippen LogP contribution in [-0.4, -0.2) is 29.1 Å². The standard InChI is InChI=1S/C12H13F6N3O3/c1-2-10(11(13,14)15,12(16,17)18)20-9(22)19-7-3-5-8(6-4-7)21(23)24/h3-6,21,23H,2H2,1H3,(H2,19,20,22). The highest BCUT2D eigenvalue weighted by atomic mass is 19.4. The number of nitrogens with one attached hydrogen (secondary N) is 3. The van der Waals surface area contributed by atoms with Crippen molar-refractivity contribution in [2.45, 2.75) is 31.2 Å². The second kappa shape index (κ2) is 6.83. The van der Waals surface area contributed by atoms with Gasteiger partial charge in [-0.15, -0.1) is 0 Å². The van der Waals surface area contributed by atoms with E-state index in [0.717, 1.165) is 29.6 Å². The van der Waals surface area contributed by atoms with Crippen molar-refractivity contribution in [3.63, 3.8) is 0 Å². The summed E-state index contributed by atoms with van der Waals surface area (Å²) in [6, 6.07) is 2.38. The average Bonchev–Trinajstić information content (AvgIpc) is 2.42. The van der Waals surface area contributed by atoms with Crippen molar-refractivity contribution >= 4 is 17.4 Å². The van der Waals surface area contributed by atoms with E-state index in [4.69, 9.17) is 5.21 Å². The van der Waals surface area contributed by atoms with Crippen LogP contribution in [0.4, 0.5) is 42.5 Å². The fourth-order valence-electron chi connectivity index (χ4n) is 1.84. The highest BCUT2D eigenvalue weighted by Crippen LogP contribution is 2.45. The van der Waals surface area contributed by atoms with Crippen molar-refractivity contribution in [1.29, 1.82) is 0 Å². The first-order valence-electron chi connectivity index (χ1n) is 6.40. The highest BCUT2D eigenvalue weighted by Gasteiger charge is 2.70. The fourth-order valence-corrected chi connectivity index (χ4v) is 1.84. The molecule has 24 heavy (non-hydrogen) atoms. The van der Waals surface area contributed by atoms with Crippen LogP contribution < -0.4 is 15.9 Å². The lowest BCUT2D eigenvalue weighted by Crippen LogP contribution is -2.99. The van der Waals surface area contributed by atoms with E-state index >= 15 is 0 Å². The van der Waals surface area contributed by atoms with Gasteiger partial charge in [0, 0.05) is 17.8 Å². The summed E-state index contributed by atoms with van der Waals surface area (Å²) < 4.78 is 77.3. The topological polar surface area (TPSA) is 88.9 Å². The number of amides is 2. The van der Waals surface area contributed by atoms with E-state index in [-0.39, 0.29) is 11.4 Å². The average molecular weight is 361 g/mol. The fraction of sp³-hybridized carbons (Fsp3) is 0.417. The SMILES string of the molecule is CCC(NC(=O)Nc1ccc([NH+]([O-])O)cc1)(C(F)(F)F)C(F)(F)F. The Hall–Kier alpha value is -2.05. The van der Waals surface area contributed by atoms with Crippen molar-refractivity contribution in [3.05, 3.63) is 29.5 Å². The van der Waals surface area contributed by atoms with Crippen molar-refractivity contribution in [3.8, 4) is 0 Å². The number of quaternary nitrogens is 1. The Morgan fingerprint density at radius 1 is 1.12 bits per heavy atom. The minimum absolute atomic E-state index is 0.172. The minimum atomic E-state index is -5.76. The molecule has 6 nitrogen and oxygen atoms in total. The maximum atomic E-state index is 12.9. The van der Waals surface area contributed by atoms with Crippen LogP contribution in [0.15, 0.2) is 24.3 Å². The predicted molar refractivity (Wildman–Crippen MR) is 69.5 cm³/mol. The highest BCUT2D eigenvalue weighted by molar-refractivity contribution is 5.90. The van der Waals surface area contributed by atoms with Crippen molar-refractivity contribution in [1.82, 2.24) is 5.32 Å². The second-order valence-corrected chi connectivity index (χ2v) is 4.72. The zero-order valence-electron chi connectivity index (χ0n) is 12.0. The third-order valence-electron chi connectivity index (χ3n) is 3.21. The van der Waals surface area contributed by atoms with Gasteiger partial charge in [0.2, 0.25) is 5.54 Å². The number of hydrogen-bond acceptors (Lipinski definition) is 3. The van der Waals surface area contributed by atoms with Crippen molar-refractivity contribution in [2.75, 3.05) is 5.32 Å². The summed E-state index contributed by atoms with van der Waals surface area (Å²) >= 11 is 0. The molecule has 1 aromatic rings. The Bertz CT molecular complexity index is 557. The maximum Gasteiger partial charge on any atom is 0.420 e. The number of urea groups is 1. The number of hydrogen-bond donors (Lipinski definition) is 4. The molecular formula is C12H13F6N3O3. The number of alkyl halides is 6. The van der Waals surface area contributed by atoms with Gasteiger partial charge in [-0.1, -0.05) is 6.92 Å². The van der Waals surface area contributed by atoms with Crippen LogP contribution in [0.25, 0.3) is 0 Å². The lowest BCUT2D eigenvalue weighted by Gasteiger charge is -2.37. The van der Waals surface area contributed by atoms with Crippen LogP contribution in [0.2, 0.25) is 0 Å². The number of carbonyl (C=O) groups excluding carboxylic acids is 1. The van der Waals surface area contributed by atoms with E-state index in [9.17, 15) is 36.3 Å². The molecule has 1 unspecified atom stereocenters. The third-order valence-corrected chi connectivity index (χ3v) is 3.21. The summed E-state index contributed by atoms with van der Waals surface area (Å²) in [5.74, 6) is 0. The predicted octanol–water partition coefficient (Wildman–Crippen LogP) is 2.48. The van der Waals surface area contributed by atoms with Crippen LogP contribution in [0.5, 0.6) is 0 Å². The molecule has 0 fully saturated rings. The molecule has 1 atom stereocenters. The largest absolute Gasteiger partial charge is 0.595 e. The molecule has 0 saturated heterocycles. The maximum absolute atomic E-state index is 12.9. The van der Waals surface area contributed by atoms with Gasteiger partial charge >= 0.3 is 18.4 Å². The number of rotatable bonds is 4. The monoisotopic (exact) mass is 361 g/mol. The molecule has 12 heteroatoms. The molecule has 0 spiro atoms. The first-order valence-corrected chi connectivity index (χ1v) is 6.40. The molecule has 0 aromatic heterocycles. The quantitative estimate of drug-likeness (QED) is 0.491. The minimum Gasteiger partial charge on any atom is -0.595 e. The van der Waals surface area contributed by atoms with Crippen molar-refractivity contribution < 1.29 is 41.6 Å². The number of carbonyl (C=O) groups is 1. The number of halogens is 6. The molecule has 1 aromatic carbocycles. The summed E-state index contributed by atoms with van der Waals surface area (Å²) in [5.41, 5.74) is -4.74. The summed E-state index contributed by atoms with van der Waals surface area (Å²) in [7, 11) is 0. The molecule has 4 N–H and O–H groups in total. The molecule has 1 rings (SSSR count).